The first-order valence-electron chi connectivity index (χ1n) is 6.70. The molecule has 108 valence electrons. The zero-order valence-electron chi connectivity index (χ0n) is 12.3. The average Bonchev–Trinajstić information content (AvgIpc) is 2.42. The molecule has 0 saturated heterocycles. The summed E-state index contributed by atoms with van der Waals surface area (Å²) in [6.07, 6.45) is 0. The highest BCUT2D eigenvalue weighted by atomic mass is 79.9. The Kier molecular flexibility index (Phi) is 4.54. The van der Waals surface area contributed by atoms with Gasteiger partial charge in [0, 0.05) is 10.2 Å². The molecule has 0 atom stereocenters. The molecule has 0 unspecified atom stereocenters. The monoisotopic (exact) mass is 344 g/mol. The van der Waals surface area contributed by atoms with Crippen LogP contribution in [-0.4, -0.2) is 0 Å². The summed E-state index contributed by atoms with van der Waals surface area (Å²) in [5.74, 6) is 1.56. The van der Waals surface area contributed by atoms with Crippen LogP contribution in [0.25, 0.3) is 0 Å². The molecule has 2 N–H and O–H groups in total. The third-order valence-electron chi connectivity index (χ3n) is 3.33. The van der Waals surface area contributed by atoms with Gasteiger partial charge in [-0.3, -0.25) is 0 Å². The molecule has 0 aromatic heterocycles. The summed E-state index contributed by atoms with van der Waals surface area (Å²) in [5, 5.41) is 9.27. The van der Waals surface area contributed by atoms with Gasteiger partial charge in [-0.05, 0) is 64.2 Å². The number of hydrogen-bond donors (Lipinski definition) is 1. The highest BCUT2D eigenvalue weighted by molar-refractivity contribution is 9.10. The summed E-state index contributed by atoms with van der Waals surface area (Å²) < 4.78 is 6.72. The molecule has 0 heterocycles. The van der Waals surface area contributed by atoms with Crippen LogP contribution in [0.1, 0.15) is 36.5 Å². The van der Waals surface area contributed by atoms with Crippen LogP contribution in [0, 0.1) is 18.3 Å². The number of ether oxygens (including phenoxy) is 1. The lowest BCUT2D eigenvalue weighted by Crippen LogP contribution is -1.99. The number of benzene rings is 2. The maximum atomic E-state index is 9.27. The molecule has 0 radical (unpaired) electrons. The standard InChI is InChI=1S/C17H17BrN2O/c1-10(2)12-8-15(20)11(3)7-17(12)21-16-6-4-5-14(18)13(16)9-19/h4-8,10H,20H2,1-3H3. The summed E-state index contributed by atoms with van der Waals surface area (Å²) in [5.41, 5.74) is 9.21. The molecular formula is C17H17BrN2O. The number of aryl methyl sites for hydroxylation is 1. The van der Waals surface area contributed by atoms with Crippen molar-refractivity contribution in [3.05, 3.63) is 51.5 Å². The Bertz CT molecular complexity index is 717. The van der Waals surface area contributed by atoms with Crippen molar-refractivity contribution in [2.45, 2.75) is 26.7 Å². The van der Waals surface area contributed by atoms with E-state index in [2.05, 4.69) is 35.8 Å². The third-order valence-corrected chi connectivity index (χ3v) is 3.99. The fourth-order valence-electron chi connectivity index (χ4n) is 2.07. The van der Waals surface area contributed by atoms with Crippen LogP contribution < -0.4 is 10.5 Å². The smallest absolute Gasteiger partial charge is 0.146 e. The first kappa shape index (κ1) is 15.4. The van der Waals surface area contributed by atoms with Crippen molar-refractivity contribution in [3.8, 4) is 17.6 Å². The van der Waals surface area contributed by atoms with Crippen molar-refractivity contribution in [1.82, 2.24) is 0 Å². The van der Waals surface area contributed by atoms with Gasteiger partial charge >= 0.3 is 0 Å². The topological polar surface area (TPSA) is 59.0 Å². The van der Waals surface area contributed by atoms with Gasteiger partial charge in [0.2, 0.25) is 0 Å². The van der Waals surface area contributed by atoms with E-state index >= 15 is 0 Å². The molecule has 0 aliphatic carbocycles. The Hall–Kier alpha value is -1.99. The van der Waals surface area contributed by atoms with E-state index in [9.17, 15) is 5.26 Å². The van der Waals surface area contributed by atoms with Gasteiger partial charge < -0.3 is 10.5 Å². The fourth-order valence-corrected chi connectivity index (χ4v) is 2.51. The molecular weight excluding hydrogens is 328 g/mol. The second-order valence-electron chi connectivity index (χ2n) is 5.23. The minimum Gasteiger partial charge on any atom is -0.456 e. The summed E-state index contributed by atoms with van der Waals surface area (Å²) in [7, 11) is 0. The summed E-state index contributed by atoms with van der Waals surface area (Å²) in [6.45, 7) is 6.12. The molecule has 3 nitrogen and oxygen atoms in total. The van der Waals surface area contributed by atoms with Gasteiger partial charge in [0.1, 0.15) is 23.1 Å². The van der Waals surface area contributed by atoms with Crippen molar-refractivity contribution in [2.24, 2.45) is 0 Å². The summed E-state index contributed by atoms with van der Waals surface area (Å²) >= 11 is 3.37. The lowest BCUT2D eigenvalue weighted by Gasteiger charge is -2.17. The Labute approximate surface area is 133 Å². The molecule has 0 amide bonds. The molecule has 0 fully saturated rings. The van der Waals surface area contributed by atoms with Gasteiger partial charge in [-0.25, -0.2) is 0 Å². The molecule has 2 aromatic carbocycles. The Morgan fingerprint density at radius 2 is 1.95 bits per heavy atom. The minimum absolute atomic E-state index is 0.278. The van der Waals surface area contributed by atoms with Crippen molar-refractivity contribution >= 4 is 21.6 Å². The van der Waals surface area contributed by atoms with Gasteiger partial charge in [-0.15, -0.1) is 0 Å². The number of nitrogen functional groups attached to an aromatic ring is 1. The van der Waals surface area contributed by atoms with E-state index < -0.39 is 0 Å². The van der Waals surface area contributed by atoms with Crippen molar-refractivity contribution in [3.63, 3.8) is 0 Å². The zero-order chi connectivity index (χ0) is 15.6. The maximum absolute atomic E-state index is 9.27. The van der Waals surface area contributed by atoms with E-state index in [4.69, 9.17) is 10.5 Å². The highest BCUT2D eigenvalue weighted by Crippen LogP contribution is 2.36. The molecule has 0 spiro atoms. The predicted octanol–water partition coefficient (Wildman–Crippen LogP) is 5.13. The molecule has 0 bridgehead atoms. The Morgan fingerprint density at radius 1 is 1.24 bits per heavy atom. The van der Waals surface area contributed by atoms with E-state index in [1.165, 1.54) is 0 Å². The zero-order valence-corrected chi connectivity index (χ0v) is 13.9. The molecule has 4 heteroatoms. The molecule has 0 aliphatic heterocycles. The van der Waals surface area contributed by atoms with Gasteiger partial charge in [-0.1, -0.05) is 19.9 Å². The predicted molar refractivity (Wildman–Crippen MR) is 88.6 cm³/mol. The highest BCUT2D eigenvalue weighted by Gasteiger charge is 2.14. The minimum atomic E-state index is 0.278. The number of rotatable bonds is 3. The fraction of sp³-hybridized carbons (Fsp3) is 0.235. The SMILES string of the molecule is Cc1cc(Oc2cccc(Br)c2C#N)c(C(C)C)cc1N. The number of nitrogens with two attached hydrogens (primary N) is 1. The molecule has 2 rings (SSSR count). The molecule has 0 saturated carbocycles. The number of hydrogen-bond acceptors (Lipinski definition) is 3. The second kappa shape index (κ2) is 6.19. The lowest BCUT2D eigenvalue weighted by atomic mass is 9.99. The summed E-state index contributed by atoms with van der Waals surface area (Å²) in [4.78, 5) is 0. The number of halogens is 1. The van der Waals surface area contributed by atoms with Gasteiger partial charge in [-0.2, -0.15) is 5.26 Å². The van der Waals surface area contributed by atoms with Crippen LogP contribution >= 0.6 is 15.9 Å². The number of nitrogens with zero attached hydrogens (tertiary/aromatic N) is 1. The second-order valence-corrected chi connectivity index (χ2v) is 6.08. The van der Waals surface area contributed by atoms with Gasteiger partial charge in [0.25, 0.3) is 0 Å². The molecule has 2 aromatic rings. The van der Waals surface area contributed by atoms with Crippen LogP contribution in [0.5, 0.6) is 11.5 Å². The van der Waals surface area contributed by atoms with E-state index in [1.54, 1.807) is 6.07 Å². The Morgan fingerprint density at radius 3 is 2.57 bits per heavy atom. The first-order valence-corrected chi connectivity index (χ1v) is 7.49. The van der Waals surface area contributed by atoms with E-state index in [1.807, 2.05) is 31.2 Å². The van der Waals surface area contributed by atoms with Gasteiger partial charge in [0.15, 0.2) is 0 Å². The van der Waals surface area contributed by atoms with Gasteiger partial charge in [0.05, 0.1) is 0 Å². The van der Waals surface area contributed by atoms with Crippen LogP contribution in [0.2, 0.25) is 0 Å². The molecule has 0 aliphatic rings. The van der Waals surface area contributed by atoms with Crippen LogP contribution in [0.3, 0.4) is 0 Å². The Balaban J connectivity index is 2.52. The number of anilines is 1. The van der Waals surface area contributed by atoms with Crippen molar-refractivity contribution < 1.29 is 4.74 Å². The van der Waals surface area contributed by atoms with Crippen LogP contribution in [-0.2, 0) is 0 Å². The van der Waals surface area contributed by atoms with Crippen molar-refractivity contribution in [1.29, 1.82) is 5.26 Å². The quantitative estimate of drug-likeness (QED) is 0.785. The van der Waals surface area contributed by atoms with Crippen molar-refractivity contribution in [2.75, 3.05) is 5.73 Å². The molecule has 21 heavy (non-hydrogen) atoms. The lowest BCUT2D eigenvalue weighted by molar-refractivity contribution is 0.471. The largest absolute Gasteiger partial charge is 0.456 e. The van der Waals surface area contributed by atoms with Crippen LogP contribution in [0.4, 0.5) is 5.69 Å². The van der Waals surface area contributed by atoms with Crippen LogP contribution in [0.15, 0.2) is 34.8 Å². The first-order chi connectivity index (χ1) is 9.93. The normalized spacial score (nSPS) is 10.5. The summed E-state index contributed by atoms with van der Waals surface area (Å²) in [6, 6.07) is 11.5. The maximum Gasteiger partial charge on any atom is 0.146 e. The average molecular weight is 345 g/mol. The van der Waals surface area contributed by atoms with E-state index in [0.717, 1.165) is 27.0 Å². The number of nitriles is 1. The third kappa shape index (κ3) is 3.20. The van der Waals surface area contributed by atoms with E-state index in [0.29, 0.717) is 11.3 Å². The van der Waals surface area contributed by atoms with E-state index in [-0.39, 0.29) is 5.92 Å².